The van der Waals surface area contributed by atoms with Crippen molar-refractivity contribution in [1.82, 2.24) is 10.6 Å². The van der Waals surface area contributed by atoms with Gasteiger partial charge in [0.05, 0.1) is 0 Å². The molecule has 1 rings (SSSR count). The Kier molecular flexibility index (Phi) is 3.84. The summed E-state index contributed by atoms with van der Waals surface area (Å²) < 4.78 is 25.4. The Hall–Kier alpha value is -0.910. The Bertz CT molecular complexity index is 273. The Morgan fingerprint density at radius 3 is 2.60 bits per heavy atom. The quantitative estimate of drug-likeness (QED) is 0.714. The van der Waals surface area contributed by atoms with Crippen molar-refractivity contribution in [3.63, 3.8) is 0 Å². The largest absolute Gasteiger partial charge is 0.335 e. The average molecular weight is 241 g/mol. The highest BCUT2D eigenvalue weighted by molar-refractivity contribution is 6.28. The lowest BCUT2D eigenvalue weighted by Crippen LogP contribution is -2.44. The van der Waals surface area contributed by atoms with Crippen LogP contribution in [0, 0.1) is 0 Å². The third-order valence-electron chi connectivity index (χ3n) is 2.11. The van der Waals surface area contributed by atoms with Crippen molar-refractivity contribution in [3.8, 4) is 0 Å². The van der Waals surface area contributed by atoms with Crippen LogP contribution in [-0.4, -0.2) is 29.8 Å². The van der Waals surface area contributed by atoms with Gasteiger partial charge in [0, 0.05) is 18.9 Å². The maximum absolute atomic E-state index is 12.7. The molecule has 2 N–H and O–H groups in total. The molecule has 0 saturated heterocycles. The number of carbonyl (C=O) groups excluding carboxylic acids is 2. The van der Waals surface area contributed by atoms with Gasteiger partial charge in [-0.1, -0.05) is 0 Å². The normalized spacial score (nSPS) is 23.5. The van der Waals surface area contributed by atoms with Crippen LogP contribution in [-0.2, 0) is 4.79 Å². The first kappa shape index (κ1) is 12.2. The van der Waals surface area contributed by atoms with Gasteiger partial charge in [-0.15, -0.1) is 11.6 Å². The molecule has 0 spiro atoms. The fraction of sp³-hybridized carbons (Fsp3) is 0.750. The van der Waals surface area contributed by atoms with Crippen molar-refractivity contribution in [2.24, 2.45) is 0 Å². The molecule has 3 amide bonds. The highest BCUT2D eigenvalue weighted by atomic mass is 35.5. The van der Waals surface area contributed by atoms with Gasteiger partial charge in [0.25, 0.3) is 0 Å². The maximum Gasteiger partial charge on any atom is 0.321 e. The van der Waals surface area contributed by atoms with E-state index in [1.165, 1.54) is 0 Å². The van der Waals surface area contributed by atoms with Gasteiger partial charge in [0.1, 0.15) is 5.88 Å². The number of nitrogens with one attached hydrogen (secondary N) is 2. The zero-order chi connectivity index (χ0) is 11.5. The minimum absolute atomic E-state index is 0.218. The predicted octanol–water partition coefficient (Wildman–Crippen LogP) is 1.24. The van der Waals surface area contributed by atoms with E-state index in [0.717, 1.165) is 0 Å². The summed E-state index contributed by atoms with van der Waals surface area (Å²) in [5, 5.41) is 4.21. The summed E-state index contributed by atoms with van der Waals surface area (Å²) in [4.78, 5) is 21.7. The zero-order valence-electron chi connectivity index (χ0n) is 7.86. The number of alkyl halides is 3. The van der Waals surface area contributed by atoms with Gasteiger partial charge in [0.15, 0.2) is 0 Å². The van der Waals surface area contributed by atoms with Crippen LogP contribution < -0.4 is 10.6 Å². The van der Waals surface area contributed by atoms with E-state index < -0.39 is 23.9 Å². The summed E-state index contributed by atoms with van der Waals surface area (Å²) in [6.45, 7) is 0. The lowest BCUT2D eigenvalue weighted by Gasteiger charge is -2.12. The van der Waals surface area contributed by atoms with Crippen LogP contribution >= 0.6 is 11.6 Å². The van der Waals surface area contributed by atoms with Crippen LogP contribution in [0.1, 0.15) is 19.3 Å². The van der Waals surface area contributed by atoms with Gasteiger partial charge in [-0.2, -0.15) is 0 Å². The Morgan fingerprint density at radius 2 is 2.13 bits per heavy atom. The second-order valence-corrected chi connectivity index (χ2v) is 3.72. The van der Waals surface area contributed by atoms with Crippen molar-refractivity contribution in [1.29, 1.82) is 0 Å². The minimum Gasteiger partial charge on any atom is -0.335 e. The molecule has 0 bridgehead atoms. The number of hydrogen-bond acceptors (Lipinski definition) is 2. The Labute approximate surface area is 90.3 Å². The topological polar surface area (TPSA) is 58.2 Å². The summed E-state index contributed by atoms with van der Waals surface area (Å²) in [7, 11) is 0. The smallest absolute Gasteiger partial charge is 0.321 e. The molecule has 0 aromatic rings. The molecule has 15 heavy (non-hydrogen) atoms. The van der Waals surface area contributed by atoms with Crippen LogP contribution in [0.5, 0.6) is 0 Å². The third-order valence-corrected chi connectivity index (χ3v) is 2.36. The molecule has 1 saturated carbocycles. The van der Waals surface area contributed by atoms with Crippen LogP contribution in [0.3, 0.4) is 0 Å². The first-order valence-corrected chi connectivity index (χ1v) is 5.00. The molecule has 86 valence electrons. The number of amides is 3. The van der Waals surface area contributed by atoms with Crippen molar-refractivity contribution < 1.29 is 18.4 Å². The molecule has 1 fully saturated rings. The number of rotatable bonds is 2. The zero-order valence-corrected chi connectivity index (χ0v) is 8.61. The van der Waals surface area contributed by atoms with E-state index in [1.807, 2.05) is 5.32 Å². The van der Waals surface area contributed by atoms with Crippen LogP contribution in [0.4, 0.5) is 13.6 Å². The second kappa shape index (κ2) is 4.74. The van der Waals surface area contributed by atoms with E-state index >= 15 is 0 Å². The van der Waals surface area contributed by atoms with Crippen molar-refractivity contribution >= 4 is 23.5 Å². The highest BCUT2D eigenvalue weighted by Crippen LogP contribution is 2.34. The van der Waals surface area contributed by atoms with E-state index in [2.05, 4.69) is 5.32 Å². The SMILES string of the molecule is O=C(CCl)NC(=O)NC1CCC(F)(F)C1. The van der Waals surface area contributed by atoms with Gasteiger partial charge in [0.2, 0.25) is 11.8 Å². The monoisotopic (exact) mass is 240 g/mol. The molecule has 0 radical (unpaired) electrons. The van der Waals surface area contributed by atoms with Gasteiger partial charge < -0.3 is 5.32 Å². The molecule has 4 nitrogen and oxygen atoms in total. The molecule has 1 aliphatic carbocycles. The third kappa shape index (κ3) is 3.99. The molecular formula is C8H11ClF2N2O2. The number of urea groups is 1. The molecule has 1 unspecified atom stereocenters. The van der Waals surface area contributed by atoms with Gasteiger partial charge in [-0.25, -0.2) is 13.6 Å². The molecule has 0 aromatic heterocycles. The lowest BCUT2D eigenvalue weighted by atomic mass is 10.2. The molecule has 7 heteroatoms. The Balaban J connectivity index is 2.31. The standard InChI is InChI=1S/C8H11ClF2N2O2/c9-4-6(14)13-7(15)12-5-1-2-8(10,11)3-5/h5H,1-4H2,(H2,12,13,14,15). The molecule has 0 aromatic carbocycles. The lowest BCUT2D eigenvalue weighted by molar-refractivity contribution is -0.117. The van der Waals surface area contributed by atoms with E-state index in [1.54, 1.807) is 0 Å². The summed E-state index contributed by atoms with van der Waals surface area (Å²) >= 11 is 5.15. The first-order chi connectivity index (χ1) is 6.93. The van der Waals surface area contributed by atoms with Crippen LogP contribution in [0.2, 0.25) is 0 Å². The van der Waals surface area contributed by atoms with Crippen LogP contribution in [0.25, 0.3) is 0 Å². The van der Waals surface area contributed by atoms with Crippen molar-refractivity contribution in [2.45, 2.75) is 31.2 Å². The van der Waals surface area contributed by atoms with Gasteiger partial charge in [-0.05, 0) is 6.42 Å². The number of halogens is 3. The van der Waals surface area contributed by atoms with Crippen molar-refractivity contribution in [3.05, 3.63) is 0 Å². The molecule has 0 aliphatic heterocycles. The number of hydrogen-bond donors (Lipinski definition) is 2. The minimum atomic E-state index is -2.71. The summed E-state index contributed by atoms with van der Waals surface area (Å²) in [5.41, 5.74) is 0. The highest BCUT2D eigenvalue weighted by Gasteiger charge is 2.39. The van der Waals surface area contributed by atoms with E-state index in [0.29, 0.717) is 0 Å². The molecule has 1 atom stereocenters. The molecule has 1 aliphatic rings. The molecular weight excluding hydrogens is 230 g/mol. The predicted molar refractivity (Wildman–Crippen MR) is 50.0 cm³/mol. The summed E-state index contributed by atoms with van der Waals surface area (Å²) in [6.07, 6.45) is -0.396. The van der Waals surface area contributed by atoms with Gasteiger partial charge in [-0.3, -0.25) is 10.1 Å². The van der Waals surface area contributed by atoms with Gasteiger partial charge >= 0.3 is 6.03 Å². The van der Waals surface area contributed by atoms with E-state index in [9.17, 15) is 18.4 Å². The van der Waals surface area contributed by atoms with E-state index in [4.69, 9.17) is 11.6 Å². The maximum atomic E-state index is 12.7. The first-order valence-electron chi connectivity index (χ1n) is 4.47. The van der Waals surface area contributed by atoms with Crippen LogP contribution in [0.15, 0.2) is 0 Å². The molecule has 0 heterocycles. The fourth-order valence-electron chi connectivity index (χ4n) is 1.45. The average Bonchev–Trinajstić information content (AvgIpc) is 2.44. The summed E-state index contributed by atoms with van der Waals surface area (Å²) in [5.74, 6) is -3.71. The second-order valence-electron chi connectivity index (χ2n) is 3.45. The number of carbonyl (C=O) groups is 2. The Morgan fingerprint density at radius 1 is 1.47 bits per heavy atom. The summed E-state index contributed by atoms with van der Waals surface area (Å²) in [6, 6.07) is -1.36. The van der Waals surface area contributed by atoms with E-state index in [-0.39, 0.29) is 25.1 Å². The fourth-order valence-corrected chi connectivity index (χ4v) is 1.52. The number of imide groups is 1. The van der Waals surface area contributed by atoms with Crippen molar-refractivity contribution in [2.75, 3.05) is 5.88 Å².